The summed E-state index contributed by atoms with van der Waals surface area (Å²) in [5, 5.41) is 2.86. The van der Waals surface area contributed by atoms with Gasteiger partial charge >= 0.3 is 0 Å². The van der Waals surface area contributed by atoms with Crippen molar-refractivity contribution in [2.75, 3.05) is 48.4 Å². The number of nitrogens with one attached hydrogen (secondary N) is 1. The van der Waals surface area contributed by atoms with Crippen LogP contribution in [-0.4, -0.2) is 54.1 Å². The van der Waals surface area contributed by atoms with Crippen LogP contribution in [0.1, 0.15) is 10.4 Å². The SMILES string of the molecule is COc1ccc(NC(=O)c2ccc(N3CCN(c4ncccn4)CC3)nc2)cc1. The highest BCUT2D eigenvalue weighted by molar-refractivity contribution is 6.04. The van der Waals surface area contributed by atoms with Crippen molar-refractivity contribution in [1.29, 1.82) is 0 Å². The van der Waals surface area contributed by atoms with Crippen LogP contribution >= 0.6 is 0 Å². The molecule has 0 radical (unpaired) electrons. The third-order valence-electron chi connectivity index (χ3n) is 4.80. The van der Waals surface area contributed by atoms with Gasteiger partial charge in [0, 0.05) is 50.5 Å². The Hall–Kier alpha value is -3.68. The minimum atomic E-state index is -0.194. The maximum absolute atomic E-state index is 12.4. The highest BCUT2D eigenvalue weighted by Gasteiger charge is 2.20. The van der Waals surface area contributed by atoms with E-state index in [2.05, 4.69) is 30.1 Å². The molecule has 1 amide bonds. The monoisotopic (exact) mass is 390 g/mol. The topological polar surface area (TPSA) is 83.5 Å². The lowest BCUT2D eigenvalue weighted by atomic mass is 10.2. The maximum atomic E-state index is 12.4. The number of methoxy groups -OCH3 is 1. The summed E-state index contributed by atoms with van der Waals surface area (Å²) in [6, 6.07) is 12.7. The second-order valence-electron chi connectivity index (χ2n) is 6.61. The highest BCUT2D eigenvalue weighted by atomic mass is 16.5. The van der Waals surface area contributed by atoms with Crippen LogP contribution in [0.4, 0.5) is 17.5 Å². The van der Waals surface area contributed by atoms with E-state index in [4.69, 9.17) is 4.74 Å². The molecule has 0 spiro atoms. The molecular weight excluding hydrogens is 368 g/mol. The number of piperazine rings is 1. The lowest BCUT2D eigenvalue weighted by Gasteiger charge is -2.35. The Morgan fingerprint density at radius 3 is 2.24 bits per heavy atom. The molecule has 29 heavy (non-hydrogen) atoms. The van der Waals surface area contributed by atoms with Crippen molar-refractivity contribution in [3.05, 3.63) is 66.6 Å². The van der Waals surface area contributed by atoms with Gasteiger partial charge in [-0.15, -0.1) is 0 Å². The highest BCUT2D eigenvalue weighted by Crippen LogP contribution is 2.18. The van der Waals surface area contributed by atoms with Crippen LogP contribution in [0.5, 0.6) is 5.75 Å². The second-order valence-corrected chi connectivity index (χ2v) is 6.61. The van der Waals surface area contributed by atoms with Gasteiger partial charge in [0.25, 0.3) is 5.91 Å². The van der Waals surface area contributed by atoms with Crippen molar-refractivity contribution >= 4 is 23.4 Å². The van der Waals surface area contributed by atoms with Gasteiger partial charge < -0.3 is 19.9 Å². The number of carbonyl (C=O) groups is 1. The Balaban J connectivity index is 1.34. The summed E-state index contributed by atoms with van der Waals surface area (Å²) in [4.78, 5) is 29.9. The van der Waals surface area contributed by atoms with Crippen LogP contribution in [0.25, 0.3) is 0 Å². The summed E-state index contributed by atoms with van der Waals surface area (Å²) in [7, 11) is 1.61. The Labute approximate surface area is 169 Å². The third-order valence-corrected chi connectivity index (χ3v) is 4.80. The van der Waals surface area contributed by atoms with Crippen LogP contribution in [0.3, 0.4) is 0 Å². The van der Waals surface area contributed by atoms with E-state index in [9.17, 15) is 4.79 Å². The van der Waals surface area contributed by atoms with Crippen molar-refractivity contribution < 1.29 is 9.53 Å². The van der Waals surface area contributed by atoms with Crippen molar-refractivity contribution in [1.82, 2.24) is 15.0 Å². The molecule has 1 saturated heterocycles. The van der Waals surface area contributed by atoms with Crippen molar-refractivity contribution in [2.45, 2.75) is 0 Å². The lowest BCUT2D eigenvalue weighted by molar-refractivity contribution is 0.102. The van der Waals surface area contributed by atoms with Gasteiger partial charge in [0.1, 0.15) is 11.6 Å². The van der Waals surface area contributed by atoms with Gasteiger partial charge in [-0.1, -0.05) is 0 Å². The quantitative estimate of drug-likeness (QED) is 0.716. The van der Waals surface area contributed by atoms with Gasteiger partial charge in [0.15, 0.2) is 0 Å². The number of rotatable bonds is 5. The van der Waals surface area contributed by atoms with Crippen molar-refractivity contribution in [2.24, 2.45) is 0 Å². The molecule has 0 saturated carbocycles. The van der Waals surface area contributed by atoms with Crippen LogP contribution in [0, 0.1) is 0 Å². The van der Waals surface area contributed by atoms with Crippen LogP contribution < -0.4 is 19.9 Å². The first-order valence-corrected chi connectivity index (χ1v) is 9.41. The van der Waals surface area contributed by atoms with Gasteiger partial charge in [0.05, 0.1) is 12.7 Å². The molecule has 1 aliphatic rings. The number of anilines is 3. The Bertz CT molecular complexity index is 939. The Morgan fingerprint density at radius 1 is 0.931 bits per heavy atom. The zero-order valence-electron chi connectivity index (χ0n) is 16.2. The minimum absolute atomic E-state index is 0.194. The number of ether oxygens (including phenoxy) is 1. The van der Waals surface area contributed by atoms with E-state index in [-0.39, 0.29) is 5.91 Å². The molecule has 1 N–H and O–H groups in total. The number of aromatic nitrogens is 3. The summed E-state index contributed by atoms with van der Waals surface area (Å²) < 4.78 is 5.12. The minimum Gasteiger partial charge on any atom is -0.497 e. The summed E-state index contributed by atoms with van der Waals surface area (Å²) in [6.45, 7) is 3.29. The van der Waals surface area contributed by atoms with Gasteiger partial charge in [0.2, 0.25) is 5.95 Å². The van der Waals surface area contributed by atoms with E-state index in [0.717, 1.165) is 43.7 Å². The average Bonchev–Trinajstić information content (AvgIpc) is 2.80. The number of nitrogens with zero attached hydrogens (tertiary/aromatic N) is 5. The van der Waals surface area contributed by atoms with Crippen LogP contribution in [0.2, 0.25) is 0 Å². The summed E-state index contributed by atoms with van der Waals surface area (Å²) in [5.74, 6) is 2.17. The normalized spacial score (nSPS) is 13.8. The maximum Gasteiger partial charge on any atom is 0.257 e. The van der Waals surface area contributed by atoms with Crippen molar-refractivity contribution in [3.8, 4) is 5.75 Å². The molecule has 0 bridgehead atoms. The fourth-order valence-electron chi connectivity index (χ4n) is 3.18. The largest absolute Gasteiger partial charge is 0.497 e. The fraction of sp³-hybridized carbons (Fsp3) is 0.238. The molecular formula is C21H22N6O2. The Morgan fingerprint density at radius 2 is 1.62 bits per heavy atom. The zero-order valence-corrected chi connectivity index (χ0v) is 16.2. The molecule has 4 rings (SSSR count). The smallest absolute Gasteiger partial charge is 0.257 e. The molecule has 148 valence electrons. The van der Waals surface area contributed by atoms with Gasteiger partial charge in [-0.3, -0.25) is 4.79 Å². The molecule has 1 fully saturated rings. The Kier molecular flexibility index (Phi) is 5.51. The zero-order chi connectivity index (χ0) is 20.1. The molecule has 0 atom stereocenters. The molecule has 1 aromatic carbocycles. The van der Waals surface area contributed by atoms with Crippen LogP contribution in [-0.2, 0) is 0 Å². The first-order valence-electron chi connectivity index (χ1n) is 9.41. The van der Waals surface area contributed by atoms with E-state index in [1.54, 1.807) is 56.0 Å². The number of pyridine rings is 1. The number of benzene rings is 1. The molecule has 8 nitrogen and oxygen atoms in total. The molecule has 3 aromatic rings. The van der Waals surface area contributed by atoms with E-state index in [1.165, 1.54) is 0 Å². The van der Waals surface area contributed by atoms with E-state index in [1.807, 2.05) is 12.1 Å². The molecule has 0 unspecified atom stereocenters. The molecule has 2 aromatic heterocycles. The third kappa shape index (κ3) is 4.43. The molecule has 3 heterocycles. The standard InChI is InChI=1S/C21H22N6O2/c1-29-18-6-4-17(5-7-18)25-20(28)16-3-8-19(24-15-16)26-11-13-27(14-12-26)21-22-9-2-10-23-21/h2-10,15H,11-14H2,1H3,(H,25,28). The predicted molar refractivity (Wildman–Crippen MR) is 112 cm³/mol. The van der Waals surface area contributed by atoms with E-state index < -0.39 is 0 Å². The van der Waals surface area contributed by atoms with Gasteiger partial charge in [-0.05, 0) is 42.5 Å². The first-order chi connectivity index (χ1) is 14.2. The van der Waals surface area contributed by atoms with Crippen LogP contribution in [0.15, 0.2) is 61.1 Å². The summed E-state index contributed by atoms with van der Waals surface area (Å²) >= 11 is 0. The number of carbonyl (C=O) groups excluding carboxylic acids is 1. The predicted octanol–water partition coefficient (Wildman–Crippen LogP) is 2.46. The molecule has 0 aliphatic carbocycles. The fourth-order valence-corrected chi connectivity index (χ4v) is 3.18. The van der Waals surface area contributed by atoms with E-state index in [0.29, 0.717) is 11.3 Å². The van der Waals surface area contributed by atoms with Gasteiger partial charge in [-0.2, -0.15) is 0 Å². The first kappa shape index (κ1) is 18.7. The average molecular weight is 390 g/mol. The number of hydrogen-bond acceptors (Lipinski definition) is 7. The summed E-state index contributed by atoms with van der Waals surface area (Å²) in [6.07, 6.45) is 5.12. The lowest BCUT2D eigenvalue weighted by Crippen LogP contribution is -2.47. The van der Waals surface area contributed by atoms with Gasteiger partial charge in [-0.25, -0.2) is 15.0 Å². The molecule has 8 heteroatoms. The number of hydrogen-bond donors (Lipinski definition) is 1. The second kappa shape index (κ2) is 8.55. The number of amides is 1. The molecule has 1 aliphatic heterocycles. The summed E-state index contributed by atoms with van der Waals surface area (Å²) in [5.41, 5.74) is 1.22. The van der Waals surface area contributed by atoms with E-state index >= 15 is 0 Å². The van der Waals surface area contributed by atoms with Crippen molar-refractivity contribution in [3.63, 3.8) is 0 Å².